The maximum Gasteiger partial charge on any atom is 0.0589 e. The lowest BCUT2D eigenvalue weighted by molar-refractivity contribution is 0.109. The zero-order valence-electron chi connectivity index (χ0n) is 13.8. The van der Waals surface area contributed by atoms with Gasteiger partial charge in [0.2, 0.25) is 0 Å². The number of benzene rings is 1. The van der Waals surface area contributed by atoms with Crippen molar-refractivity contribution in [1.29, 1.82) is 0 Å². The summed E-state index contributed by atoms with van der Waals surface area (Å²) in [6.45, 7) is 9.65. The number of fused-ring (bicyclic) bond motifs is 1. The molecule has 3 heteroatoms. The van der Waals surface area contributed by atoms with Gasteiger partial charge in [0.25, 0.3) is 0 Å². The fourth-order valence-corrected chi connectivity index (χ4v) is 3.47. The summed E-state index contributed by atoms with van der Waals surface area (Å²) < 4.78 is 5.31. The number of nitrogens with one attached hydrogen (secondary N) is 1. The van der Waals surface area contributed by atoms with Gasteiger partial charge in [0.1, 0.15) is 0 Å². The average molecular weight is 290 g/mol. The van der Waals surface area contributed by atoms with Crippen molar-refractivity contribution in [2.75, 3.05) is 33.4 Å². The normalized spacial score (nSPS) is 18.2. The standard InChI is InChI=1S/C18H30N2O/c1-4-17(5-2)20(10-11-21-3)14-16-13-19-12-15-8-6-7-9-18(15)16/h6-9,16-17,19H,4-5,10-14H2,1-3H3. The van der Waals surface area contributed by atoms with Crippen LogP contribution in [0.4, 0.5) is 0 Å². The summed E-state index contributed by atoms with van der Waals surface area (Å²) in [5.74, 6) is 0.590. The minimum Gasteiger partial charge on any atom is -0.383 e. The molecule has 0 fully saturated rings. The smallest absolute Gasteiger partial charge is 0.0589 e. The summed E-state index contributed by atoms with van der Waals surface area (Å²) in [6.07, 6.45) is 2.42. The fourth-order valence-electron chi connectivity index (χ4n) is 3.47. The third-order valence-corrected chi connectivity index (χ3v) is 4.70. The van der Waals surface area contributed by atoms with Crippen molar-refractivity contribution in [1.82, 2.24) is 10.2 Å². The third-order valence-electron chi connectivity index (χ3n) is 4.70. The fraction of sp³-hybridized carbons (Fsp3) is 0.667. The first-order valence-corrected chi connectivity index (χ1v) is 8.31. The molecule has 0 aliphatic carbocycles. The Morgan fingerprint density at radius 1 is 1.29 bits per heavy atom. The number of rotatable bonds is 8. The summed E-state index contributed by atoms with van der Waals surface area (Å²) in [5, 5.41) is 3.57. The molecule has 0 bridgehead atoms. The average Bonchev–Trinajstić information content (AvgIpc) is 2.53. The van der Waals surface area contributed by atoms with Gasteiger partial charge in [-0.1, -0.05) is 38.1 Å². The van der Waals surface area contributed by atoms with Crippen LogP contribution in [0.15, 0.2) is 24.3 Å². The Bertz CT molecular complexity index is 417. The first-order chi connectivity index (χ1) is 10.3. The molecular weight excluding hydrogens is 260 g/mol. The van der Waals surface area contributed by atoms with Crippen molar-refractivity contribution < 1.29 is 4.74 Å². The summed E-state index contributed by atoms with van der Waals surface area (Å²) in [4.78, 5) is 2.62. The van der Waals surface area contributed by atoms with E-state index in [0.29, 0.717) is 12.0 Å². The van der Waals surface area contributed by atoms with Crippen LogP contribution in [0.2, 0.25) is 0 Å². The Morgan fingerprint density at radius 3 is 2.76 bits per heavy atom. The predicted molar refractivity (Wildman–Crippen MR) is 88.7 cm³/mol. The molecule has 0 spiro atoms. The Kier molecular flexibility index (Phi) is 6.68. The van der Waals surface area contributed by atoms with E-state index in [1.54, 1.807) is 7.11 Å². The summed E-state index contributed by atoms with van der Waals surface area (Å²) in [7, 11) is 1.79. The second kappa shape index (κ2) is 8.52. The maximum atomic E-state index is 5.31. The first-order valence-electron chi connectivity index (χ1n) is 8.31. The Balaban J connectivity index is 2.09. The second-order valence-corrected chi connectivity index (χ2v) is 5.98. The van der Waals surface area contributed by atoms with E-state index in [2.05, 4.69) is 48.3 Å². The second-order valence-electron chi connectivity index (χ2n) is 5.98. The largest absolute Gasteiger partial charge is 0.383 e. The molecular formula is C18H30N2O. The summed E-state index contributed by atoms with van der Waals surface area (Å²) in [6, 6.07) is 9.54. The van der Waals surface area contributed by atoms with Gasteiger partial charge in [0.15, 0.2) is 0 Å². The van der Waals surface area contributed by atoms with Crippen molar-refractivity contribution in [3.05, 3.63) is 35.4 Å². The zero-order valence-corrected chi connectivity index (χ0v) is 13.8. The lowest BCUT2D eigenvalue weighted by Crippen LogP contribution is -2.43. The number of nitrogens with zero attached hydrogens (tertiary/aromatic N) is 1. The number of ether oxygens (including phenoxy) is 1. The molecule has 0 saturated carbocycles. The molecule has 21 heavy (non-hydrogen) atoms. The highest BCUT2D eigenvalue weighted by atomic mass is 16.5. The minimum atomic E-state index is 0.590. The van der Waals surface area contributed by atoms with Gasteiger partial charge in [-0.15, -0.1) is 0 Å². The molecule has 2 rings (SSSR count). The Labute approximate surface area is 129 Å². The molecule has 1 aromatic rings. The predicted octanol–water partition coefficient (Wildman–Crippen LogP) is 3.01. The molecule has 0 saturated heterocycles. The monoisotopic (exact) mass is 290 g/mol. The maximum absolute atomic E-state index is 5.31. The zero-order chi connectivity index (χ0) is 15.1. The van der Waals surface area contributed by atoms with Gasteiger partial charge in [-0.3, -0.25) is 4.90 Å². The van der Waals surface area contributed by atoms with Crippen molar-refractivity contribution in [2.24, 2.45) is 0 Å². The van der Waals surface area contributed by atoms with Gasteiger partial charge < -0.3 is 10.1 Å². The van der Waals surface area contributed by atoms with Crippen LogP contribution >= 0.6 is 0 Å². The molecule has 0 amide bonds. The molecule has 1 N–H and O–H groups in total. The van der Waals surface area contributed by atoms with E-state index in [1.165, 1.54) is 24.0 Å². The van der Waals surface area contributed by atoms with Crippen molar-refractivity contribution in [2.45, 2.75) is 45.2 Å². The van der Waals surface area contributed by atoms with E-state index in [0.717, 1.165) is 32.8 Å². The molecule has 1 aromatic carbocycles. The van der Waals surface area contributed by atoms with Gasteiger partial charge >= 0.3 is 0 Å². The molecule has 3 nitrogen and oxygen atoms in total. The molecule has 0 aromatic heterocycles. The van der Waals surface area contributed by atoms with Crippen LogP contribution in [0.25, 0.3) is 0 Å². The van der Waals surface area contributed by atoms with Gasteiger partial charge in [-0.25, -0.2) is 0 Å². The Morgan fingerprint density at radius 2 is 2.05 bits per heavy atom. The third kappa shape index (κ3) is 4.29. The molecule has 1 atom stereocenters. The Hall–Kier alpha value is -0.900. The topological polar surface area (TPSA) is 24.5 Å². The van der Waals surface area contributed by atoms with Crippen LogP contribution in [-0.4, -0.2) is 44.3 Å². The minimum absolute atomic E-state index is 0.590. The van der Waals surface area contributed by atoms with Crippen molar-refractivity contribution in [3.8, 4) is 0 Å². The molecule has 1 unspecified atom stereocenters. The molecule has 118 valence electrons. The quantitative estimate of drug-likeness (QED) is 0.796. The van der Waals surface area contributed by atoms with E-state index in [4.69, 9.17) is 4.74 Å². The highest BCUT2D eigenvalue weighted by Crippen LogP contribution is 2.26. The van der Waals surface area contributed by atoms with Crippen LogP contribution in [0.1, 0.15) is 43.7 Å². The highest BCUT2D eigenvalue weighted by molar-refractivity contribution is 5.32. The number of hydrogen-bond donors (Lipinski definition) is 1. The van der Waals surface area contributed by atoms with Gasteiger partial charge in [0, 0.05) is 45.2 Å². The van der Waals surface area contributed by atoms with Gasteiger partial charge in [-0.2, -0.15) is 0 Å². The van der Waals surface area contributed by atoms with Crippen molar-refractivity contribution >= 4 is 0 Å². The molecule has 0 radical (unpaired) electrons. The van der Waals surface area contributed by atoms with Crippen LogP contribution < -0.4 is 5.32 Å². The van der Waals surface area contributed by atoms with E-state index in [1.807, 2.05) is 0 Å². The lowest BCUT2D eigenvalue weighted by Gasteiger charge is -2.36. The van der Waals surface area contributed by atoms with Crippen LogP contribution in [0, 0.1) is 0 Å². The molecule has 1 aliphatic heterocycles. The van der Waals surface area contributed by atoms with E-state index in [-0.39, 0.29) is 0 Å². The van der Waals surface area contributed by atoms with Gasteiger partial charge in [0.05, 0.1) is 6.61 Å². The highest BCUT2D eigenvalue weighted by Gasteiger charge is 2.24. The molecule has 1 heterocycles. The van der Waals surface area contributed by atoms with E-state index >= 15 is 0 Å². The summed E-state index contributed by atoms with van der Waals surface area (Å²) in [5.41, 5.74) is 3.00. The summed E-state index contributed by atoms with van der Waals surface area (Å²) >= 11 is 0. The van der Waals surface area contributed by atoms with Gasteiger partial charge in [-0.05, 0) is 24.0 Å². The number of hydrogen-bond acceptors (Lipinski definition) is 3. The van der Waals surface area contributed by atoms with Crippen LogP contribution in [0.3, 0.4) is 0 Å². The SMILES string of the molecule is CCC(CC)N(CCOC)CC1CNCc2ccccc21. The lowest BCUT2D eigenvalue weighted by atomic mass is 9.90. The van der Waals surface area contributed by atoms with E-state index < -0.39 is 0 Å². The van der Waals surface area contributed by atoms with E-state index in [9.17, 15) is 0 Å². The van der Waals surface area contributed by atoms with Crippen LogP contribution in [-0.2, 0) is 11.3 Å². The first kappa shape index (κ1) is 16.5. The van der Waals surface area contributed by atoms with Crippen LogP contribution in [0.5, 0.6) is 0 Å². The molecule has 1 aliphatic rings. The number of methoxy groups -OCH3 is 1. The van der Waals surface area contributed by atoms with Crippen molar-refractivity contribution in [3.63, 3.8) is 0 Å².